The van der Waals surface area contributed by atoms with Crippen LogP contribution in [0.1, 0.15) is 101 Å². The van der Waals surface area contributed by atoms with Gasteiger partial charge in [0.1, 0.15) is 11.9 Å². The summed E-state index contributed by atoms with van der Waals surface area (Å²) in [7, 11) is 0.716. The number of allylic oxidation sites excluding steroid dienone is 2. The van der Waals surface area contributed by atoms with Crippen molar-refractivity contribution in [3.05, 3.63) is 76.8 Å². The van der Waals surface area contributed by atoms with Crippen molar-refractivity contribution in [3.63, 3.8) is 0 Å². The van der Waals surface area contributed by atoms with E-state index in [4.69, 9.17) is 14.7 Å². The third kappa shape index (κ3) is 8.36. The molecular formula is C41H57N5O3S. The van der Waals surface area contributed by atoms with E-state index in [2.05, 4.69) is 92.1 Å². The molecule has 0 bridgehead atoms. The van der Waals surface area contributed by atoms with Crippen LogP contribution in [0.15, 0.2) is 53.7 Å². The number of likely N-dealkylation sites (tertiary alicyclic amines) is 1. The van der Waals surface area contributed by atoms with E-state index in [9.17, 15) is 9.59 Å². The molecule has 5 rings (SSSR count). The largest absolute Gasteiger partial charge is 0.453 e. The van der Waals surface area contributed by atoms with Gasteiger partial charge in [-0.25, -0.2) is 19.8 Å². The molecule has 8 nitrogen and oxygen atoms in total. The number of aromatic amines is 1. The lowest BCUT2D eigenvalue weighted by Gasteiger charge is -2.31. The molecule has 3 aromatic rings. The number of methoxy groups -OCH3 is 1. The Labute approximate surface area is 300 Å². The molecule has 1 fully saturated rings. The molecule has 1 aromatic heterocycles. The standard InChI is InChI=1S/C41H57N5O3S/c1-10-26(3)37(45-41(48)49-7)40(47)46-22-12-13-36(46)29(6)42-24-27(4)30-14-16-31(17-15-30)32-18-20-34-33(23-32)19-21-35-38(34)44-39(43-35)28(5)25-50(8,9)11-2/h14-21,24,26,28,32,36-37H,10-13,22-23,25H2,1-9H3,(H,43,44)(H,45,48)/b27-24+,42-29?/t26?,28-,32-,36?,37-/m0/s1. The van der Waals surface area contributed by atoms with Gasteiger partial charge in [0.25, 0.3) is 0 Å². The number of carbonyl (C=O) groups is 2. The third-order valence-electron chi connectivity index (χ3n) is 10.9. The number of carbonyl (C=O) groups excluding carboxylic acids is 2. The molecule has 2 heterocycles. The topological polar surface area (TPSA) is 99.7 Å². The van der Waals surface area contributed by atoms with Crippen LogP contribution in [0.2, 0.25) is 0 Å². The van der Waals surface area contributed by atoms with E-state index in [1.807, 2.05) is 31.9 Å². The zero-order valence-electron chi connectivity index (χ0n) is 31.5. The lowest BCUT2D eigenvalue weighted by atomic mass is 9.84. The molecule has 5 atom stereocenters. The number of benzene rings is 2. The number of rotatable bonds is 12. The van der Waals surface area contributed by atoms with Gasteiger partial charge >= 0.3 is 6.09 Å². The van der Waals surface area contributed by atoms with E-state index in [1.54, 1.807) is 0 Å². The molecular weight excluding hydrogens is 643 g/mol. The summed E-state index contributed by atoms with van der Waals surface area (Å²) < 4.78 is 4.80. The number of aromatic nitrogens is 2. The van der Waals surface area contributed by atoms with E-state index in [-0.39, 0.29) is 17.9 Å². The highest BCUT2D eigenvalue weighted by atomic mass is 32.3. The fraction of sp³-hybridized carbons (Fsp3) is 0.512. The van der Waals surface area contributed by atoms with Crippen LogP contribution in [0, 0.1) is 5.92 Å². The number of H-pyrrole nitrogens is 1. The Bertz CT molecular complexity index is 1770. The van der Waals surface area contributed by atoms with Crippen LogP contribution in [-0.4, -0.2) is 82.3 Å². The van der Waals surface area contributed by atoms with Crippen LogP contribution in [0.25, 0.3) is 22.7 Å². The van der Waals surface area contributed by atoms with E-state index < -0.39 is 22.2 Å². The summed E-state index contributed by atoms with van der Waals surface area (Å²) in [5.41, 5.74) is 9.19. The first-order valence-corrected chi connectivity index (χ1v) is 21.0. The number of fused-ring (bicyclic) bond motifs is 3. The Morgan fingerprint density at radius 3 is 2.56 bits per heavy atom. The summed E-state index contributed by atoms with van der Waals surface area (Å²) in [6, 6.07) is 12.6. The molecule has 0 radical (unpaired) electrons. The number of imidazole rings is 1. The maximum atomic E-state index is 13.6. The maximum absolute atomic E-state index is 13.6. The van der Waals surface area contributed by atoms with Crippen LogP contribution in [0.5, 0.6) is 0 Å². The van der Waals surface area contributed by atoms with Crippen LogP contribution >= 0.6 is 10.0 Å². The summed E-state index contributed by atoms with van der Waals surface area (Å²) in [5, 5.41) is 2.77. The Kier molecular flexibility index (Phi) is 12.0. The van der Waals surface area contributed by atoms with Gasteiger partial charge in [0, 0.05) is 35.9 Å². The first-order valence-electron chi connectivity index (χ1n) is 18.2. The average molecular weight is 700 g/mol. The summed E-state index contributed by atoms with van der Waals surface area (Å²) in [6.07, 6.45) is 14.3. The molecule has 2 amide bonds. The predicted molar refractivity (Wildman–Crippen MR) is 212 cm³/mol. The van der Waals surface area contributed by atoms with Gasteiger partial charge in [0.05, 0.1) is 24.2 Å². The summed E-state index contributed by atoms with van der Waals surface area (Å²) in [4.78, 5) is 41.1. The average Bonchev–Trinajstić information content (AvgIpc) is 3.80. The van der Waals surface area contributed by atoms with Crippen molar-refractivity contribution in [2.24, 2.45) is 10.9 Å². The van der Waals surface area contributed by atoms with Gasteiger partial charge in [-0.15, -0.1) is 0 Å². The smallest absolute Gasteiger partial charge is 0.407 e. The van der Waals surface area contributed by atoms with Gasteiger partial charge in [-0.3, -0.25) is 9.79 Å². The molecule has 1 aliphatic carbocycles. The second-order valence-corrected chi connectivity index (χ2v) is 19.3. The number of hydrogen-bond acceptors (Lipinski definition) is 5. The number of nitrogens with one attached hydrogen (secondary N) is 2. The summed E-state index contributed by atoms with van der Waals surface area (Å²) >= 11 is 0. The van der Waals surface area contributed by atoms with Gasteiger partial charge in [0.2, 0.25) is 5.91 Å². The predicted octanol–water partition coefficient (Wildman–Crippen LogP) is 8.69. The van der Waals surface area contributed by atoms with Crippen molar-refractivity contribution in [1.29, 1.82) is 0 Å². The molecule has 2 aliphatic rings. The number of nitrogens with zero attached hydrogens (tertiary/aromatic N) is 3. The minimum absolute atomic E-state index is 0.0119. The van der Waals surface area contributed by atoms with Crippen LogP contribution in [-0.2, 0) is 16.0 Å². The van der Waals surface area contributed by atoms with Crippen molar-refractivity contribution < 1.29 is 14.3 Å². The minimum Gasteiger partial charge on any atom is -0.453 e. The number of ether oxygens (including phenoxy) is 1. The Morgan fingerprint density at radius 1 is 1.14 bits per heavy atom. The molecule has 50 heavy (non-hydrogen) atoms. The van der Waals surface area contributed by atoms with Crippen molar-refractivity contribution >= 4 is 50.4 Å². The van der Waals surface area contributed by atoms with Gasteiger partial charge in [-0.1, -0.05) is 76.6 Å². The number of alkyl carbamates (subject to hydrolysis) is 1. The van der Waals surface area contributed by atoms with E-state index in [0.29, 0.717) is 18.4 Å². The highest BCUT2D eigenvalue weighted by Gasteiger charge is 2.37. The second kappa shape index (κ2) is 16.0. The SMILES string of the molecule is CCC(C)[C@H](NC(=O)OC)C(=O)N1CCCC1C(C)=N/C=C(\C)c1ccc([C@H]2C=Cc3c(ccc4[nH]c([C@@H](C)CS(C)(C)CC)nc34)C2)cc1. The van der Waals surface area contributed by atoms with Crippen molar-refractivity contribution in [1.82, 2.24) is 20.2 Å². The molecule has 9 heteroatoms. The van der Waals surface area contributed by atoms with Gasteiger partial charge in [0.15, 0.2) is 0 Å². The molecule has 2 unspecified atom stereocenters. The molecule has 1 aliphatic heterocycles. The van der Waals surface area contributed by atoms with E-state index in [0.717, 1.165) is 59.4 Å². The van der Waals surface area contributed by atoms with Gasteiger partial charge in [-0.05, 0) is 91.4 Å². The Morgan fingerprint density at radius 2 is 1.88 bits per heavy atom. The van der Waals surface area contributed by atoms with Crippen LogP contribution < -0.4 is 5.32 Å². The molecule has 270 valence electrons. The van der Waals surface area contributed by atoms with Crippen LogP contribution in [0.3, 0.4) is 0 Å². The van der Waals surface area contributed by atoms with Crippen molar-refractivity contribution in [3.8, 4) is 0 Å². The monoisotopic (exact) mass is 699 g/mol. The quantitative estimate of drug-likeness (QED) is 0.185. The summed E-state index contributed by atoms with van der Waals surface area (Å²) in [5.74, 6) is 4.18. The molecule has 2 N–H and O–H groups in total. The lowest BCUT2D eigenvalue weighted by molar-refractivity contribution is -0.134. The zero-order valence-corrected chi connectivity index (χ0v) is 32.3. The van der Waals surface area contributed by atoms with Crippen molar-refractivity contribution in [2.75, 3.05) is 37.7 Å². The maximum Gasteiger partial charge on any atom is 0.407 e. The minimum atomic E-state index is -0.624. The van der Waals surface area contributed by atoms with Gasteiger partial charge < -0.3 is 19.9 Å². The Balaban J connectivity index is 1.26. The van der Waals surface area contributed by atoms with E-state index >= 15 is 0 Å². The van der Waals surface area contributed by atoms with Crippen LogP contribution in [0.4, 0.5) is 4.79 Å². The third-order valence-corrected chi connectivity index (χ3v) is 13.9. The highest BCUT2D eigenvalue weighted by molar-refractivity contribution is 8.32. The molecule has 1 saturated heterocycles. The Hall–Kier alpha value is -3.85. The zero-order chi connectivity index (χ0) is 36.2. The second-order valence-electron chi connectivity index (χ2n) is 14.8. The lowest BCUT2D eigenvalue weighted by Crippen LogP contribution is -2.53. The van der Waals surface area contributed by atoms with Crippen molar-refractivity contribution in [2.45, 2.75) is 91.1 Å². The number of hydrogen-bond donors (Lipinski definition) is 2. The fourth-order valence-electron chi connectivity index (χ4n) is 7.24. The van der Waals surface area contributed by atoms with E-state index in [1.165, 1.54) is 35.3 Å². The fourth-order valence-corrected chi connectivity index (χ4v) is 8.99. The van der Waals surface area contributed by atoms with Gasteiger partial charge in [-0.2, -0.15) is 0 Å². The first-order chi connectivity index (χ1) is 23.8. The summed E-state index contributed by atoms with van der Waals surface area (Å²) in [6.45, 7) is 13.3. The first kappa shape index (κ1) is 37.4. The molecule has 2 aromatic carbocycles. The normalized spacial score (nSPS) is 20.4. The number of amides is 2. The molecule has 0 saturated carbocycles. The number of aliphatic imine (C=N–C) groups is 1. The highest BCUT2D eigenvalue weighted by Crippen LogP contribution is 2.43. The molecule has 0 spiro atoms.